The van der Waals surface area contributed by atoms with Crippen molar-refractivity contribution in [2.45, 2.75) is 53.2 Å². The zero-order valence-electron chi connectivity index (χ0n) is 19.9. The van der Waals surface area contributed by atoms with E-state index in [-0.39, 0.29) is 24.5 Å². The molecule has 5 nitrogen and oxygen atoms in total. The smallest absolute Gasteiger partial charge is 0.322 e. The van der Waals surface area contributed by atoms with Crippen molar-refractivity contribution in [3.63, 3.8) is 0 Å². The molecule has 0 fully saturated rings. The van der Waals surface area contributed by atoms with Gasteiger partial charge in [0.2, 0.25) is 5.91 Å². The third-order valence-electron chi connectivity index (χ3n) is 5.70. The number of anilines is 1. The Balaban J connectivity index is 1.78. The maximum Gasteiger partial charge on any atom is 0.322 e. The zero-order chi connectivity index (χ0) is 23.8. The van der Waals surface area contributed by atoms with Gasteiger partial charge in [-0.3, -0.25) is 4.79 Å². The van der Waals surface area contributed by atoms with Gasteiger partial charge in [0.1, 0.15) is 6.54 Å². The Morgan fingerprint density at radius 2 is 1.67 bits per heavy atom. The SMILES string of the molecule is CCc1ccccc1NC(=O)N(CC(=O)N(Cc1ccccc1)Cc1sccc1C)C(C)C. The van der Waals surface area contributed by atoms with Crippen molar-refractivity contribution in [1.29, 1.82) is 0 Å². The molecule has 0 aliphatic heterocycles. The molecular weight excluding hydrogens is 430 g/mol. The van der Waals surface area contributed by atoms with Gasteiger partial charge in [-0.05, 0) is 61.4 Å². The Morgan fingerprint density at radius 1 is 0.970 bits per heavy atom. The highest BCUT2D eigenvalue weighted by Crippen LogP contribution is 2.21. The van der Waals surface area contributed by atoms with Gasteiger partial charge in [0.25, 0.3) is 0 Å². The number of carbonyl (C=O) groups is 2. The van der Waals surface area contributed by atoms with Gasteiger partial charge in [-0.2, -0.15) is 0 Å². The van der Waals surface area contributed by atoms with Crippen molar-refractivity contribution in [1.82, 2.24) is 9.80 Å². The van der Waals surface area contributed by atoms with Gasteiger partial charge in [-0.25, -0.2) is 4.79 Å². The van der Waals surface area contributed by atoms with E-state index < -0.39 is 0 Å². The van der Waals surface area contributed by atoms with Crippen LogP contribution in [0.3, 0.4) is 0 Å². The first kappa shape index (κ1) is 24.5. The van der Waals surface area contributed by atoms with Crippen LogP contribution in [0.4, 0.5) is 10.5 Å². The number of aryl methyl sites for hydroxylation is 2. The lowest BCUT2D eigenvalue weighted by Crippen LogP contribution is -2.47. The van der Waals surface area contributed by atoms with Crippen LogP contribution >= 0.6 is 11.3 Å². The first-order valence-corrected chi connectivity index (χ1v) is 12.3. The molecule has 3 aromatic rings. The molecule has 1 heterocycles. The van der Waals surface area contributed by atoms with E-state index in [2.05, 4.69) is 30.6 Å². The molecule has 0 aliphatic carbocycles. The van der Waals surface area contributed by atoms with Crippen molar-refractivity contribution in [2.75, 3.05) is 11.9 Å². The number of para-hydroxylation sites is 1. The number of nitrogens with one attached hydrogen (secondary N) is 1. The summed E-state index contributed by atoms with van der Waals surface area (Å²) in [5.41, 5.74) is 4.11. The van der Waals surface area contributed by atoms with E-state index in [4.69, 9.17) is 0 Å². The van der Waals surface area contributed by atoms with E-state index in [9.17, 15) is 9.59 Å². The van der Waals surface area contributed by atoms with Gasteiger partial charge in [0, 0.05) is 23.2 Å². The van der Waals surface area contributed by atoms with Crippen molar-refractivity contribution in [3.05, 3.63) is 87.6 Å². The minimum Gasteiger partial charge on any atom is -0.332 e. The molecule has 0 spiro atoms. The van der Waals surface area contributed by atoms with Crippen LogP contribution in [0.5, 0.6) is 0 Å². The maximum atomic E-state index is 13.5. The molecular formula is C27H33N3O2S. The predicted molar refractivity (Wildman–Crippen MR) is 136 cm³/mol. The molecule has 0 saturated carbocycles. The first-order chi connectivity index (χ1) is 15.9. The molecule has 0 atom stereocenters. The van der Waals surface area contributed by atoms with E-state index in [0.717, 1.165) is 28.1 Å². The fraction of sp³-hybridized carbons (Fsp3) is 0.333. The van der Waals surface area contributed by atoms with Crippen LogP contribution < -0.4 is 5.32 Å². The molecule has 3 amide bonds. The number of rotatable bonds is 9. The summed E-state index contributed by atoms with van der Waals surface area (Å²) in [4.78, 5) is 31.3. The van der Waals surface area contributed by atoms with Crippen LogP contribution in [0.15, 0.2) is 66.0 Å². The van der Waals surface area contributed by atoms with Crippen LogP contribution in [0.1, 0.15) is 42.3 Å². The number of thiophene rings is 1. The average Bonchev–Trinajstić information content (AvgIpc) is 3.21. The number of carbonyl (C=O) groups excluding carboxylic acids is 2. The minimum atomic E-state index is -0.258. The summed E-state index contributed by atoms with van der Waals surface area (Å²) in [6.07, 6.45) is 0.822. The Kier molecular flexibility index (Phi) is 8.66. The summed E-state index contributed by atoms with van der Waals surface area (Å²) in [7, 11) is 0. The van der Waals surface area contributed by atoms with Crippen molar-refractivity contribution in [2.24, 2.45) is 0 Å². The third-order valence-corrected chi connectivity index (χ3v) is 6.71. The second-order valence-corrected chi connectivity index (χ2v) is 9.43. The molecule has 1 aromatic heterocycles. The average molecular weight is 464 g/mol. The molecule has 3 rings (SSSR count). The number of urea groups is 1. The van der Waals surface area contributed by atoms with Gasteiger partial charge < -0.3 is 15.1 Å². The second kappa shape index (κ2) is 11.7. The van der Waals surface area contributed by atoms with E-state index >= 15 is 0 Å². The quantitative estimate of drug-likeness (QED) is 0.417. The highest BCUT2D eigenvalue weighted by molar-refractivity contribution is 7.10. The van der Waals surface area contributed by atoms with Gasteiger partial charge in [0.05, 0.1) is 6.54 Å². The number of nitrogens with zero attached hydrogens (tertiary/aromatic N) is 2. The molecule has 0 saturated heterocycles. The zero-order valence-corrected chi connectivity index (χ0v) is 20.7. The van der Waals surface area contributed by atoms with Gasteiger partial charge in [-0.15, -0.1) is 11.3 Å². The molecule has 0 bridgehead atoms. The predicted octanol–water partition coefficient (Wildman–Crippen LogP) is 6.09. The molecule has 0 radical (unpaired) electrons. The Bertz CT molecular complexity index is 1060. The van der Waals surface area contributed by atoms with Crippen LogP contribution in [-0.4, -0.2) is 34.3 Å². The Hall–Kier alpha value is -3.12. The minimum absolute atomic E-state index is 0.0229. The highest BCUT2D eigenvalue weighted by Gasteiger charge is 2.25. The van der Waals surface area contributed by atoms with Crippen molar-refractivity contribution in [3.8, 4) is 0 Å². The van der Waals surface area contributed by atoms with Gasteiger partial charge in [-0.1, -0.05) is 55.5 Å². The number of hydrogen-bond acceptors (Lipinski definition) is 3. The second-order valence-electron chi connectivity index (χ2n) is 8.42. The summed E-state index contributed by atoms with van der Waals surface area (Å²) in [6, 6.07) is 19.5. The van der Waals surface area contributed by atoms with Crippen LogP contribution in [0, 0.1) is 6.92 Å². The summed E-state index contributed by atoms with van der Waals surface area (Å²) < 4.78 is 0. The first-order valence-electron chi connectivity index (χ1n) is 11.4. The topological polar surface area (TPSA) is 52.7 Å². The van der Waals surface area contributed by atoms with Gasteiger partial charge in [0.15, 0.2) is 0 Å². The fourth-order valence-electron chi connectivity index (χ4n) is 3.65. The number of benzene rings is 2. The van der Waals surface area contributed by atoms with E-state index in [1.165, 1.54) is 5.56 Å². The summed E-state index contributed by atoms with van der Waals surface area (Å²) in [5, 5.41) is 5.06. The fourth-order valence-corrected chi connectivity index (χ4v) is 4.57. The van der Waals surface area contributed by atoms with Crippen molar-refractivity contribution < 1.29 is 9.59 Å². The van der Waals surface area contributed by atoms with Crippen LogP contribution in [0.25, 0.3) is 0 Å². The Labute approximate surface area is 201 Å². The molecule has 0 aliphatic rings. The summed E-state index contributed by atoms with van der Waals surface area (Å²) >= 11 is 1.66. The maximum absolute atomic E-state index is 13.5. The number of amides is 3. The molecule has 0 unspecified atom stereocenters. The largest absolute Gasteiger partial charge is 0.332 e. The Morgan fingerprint density at radius 3 is 2.30 bits per heavy atom. The van der Waals surface area contributed by atoms with E-state index in [1.807, 2.05) is 73.3 Å². The molecule has 1 N–H and O–H groups in total. The standard InChI is InChI=1S/C27H33N3O2S/c1-5-23-13-9-10-14-24(23)28-27(32)30(20(2)3)19-26(31)29(17-22-11-7-6-8-12-22)18-25-21(4)15-16-33-25/h6-16,20H,5,17-19H2,1-4H3,(H,28,32). The lowest BCUT2D eigenvalue weighted by molar-refractivity contribution is -0.133. The molecule has 6 heteroatoms. The van der Waals surface area contributed by atoms with E-state index in [0.29, 0.717) is 13.1 Å². The molecule has 174 valence electrons. The monoisotopic (exact) mass is 463 g/mol. The van der Waals surface area contributed by atoms with Crippen LogP contribution in [0.2, 0.25) is 0 Å². The lowest BCUT2D eigenvalue weighted by atomic mass is 10.1. The summed E-state index contributed by atoms with van der Waals surface area (Å²) in [5.74, 6) is -0.0701. The highest BCUT2D eigenvalue weighted by atomic mass is 32.1. The molecule has 2 aromatic carbocycles. The summed E-state index contributed by atoms with van der Waals surface area (Å²) in [6.45, 7) is 9.05. The molecule has 33 heavy (non-hydrogen) atoms. The normalized spacial score (nSPS) is 10.8. The number of hydrogen-bond donors (Lipinski definition) is 1. The third kappa shape index (κ3) is 6.68. The lowest BCUT2D eigenvalue weighted by Gasteiger charge is -2.30. The van der Waals surface area contributed by atoms with E-state index in [1.54, 1.807) is 16.2 Å². The van der Waals surface area contributed by atoms with Crippen molar-refractivity contribution >= 4 is 29.0 Å². The van der Waals surface area contributed by atoms with Gasteiger partial charge >= 0.3 is 6.03 Å². The van der Waals surface area contributed by atoms with Crippen LogP contribution in [-0.2, 0) is 24.3 Å².